The van der Waals surface area contributed by atoms with Crippen LogP contribution in [0, 0.1) is 0 Å². The molecule has 21 rings (SSSR count). The second kappa shape index (κ2) is 24.0. The molecule has 19 aromatic carbocycles. The first-order valence-electron chi connectivity index (χ1n) is 36.1. The van der Waals surface area contributed by atoms with Crippen molar-refractivity contribution in [1.29, 1.82) is 0 Å². The Hall–Kier alpha value is -13.7. The van der Waals surface area contributed by atoms with Crippen LogP contribution in [-0.4, -0.2) is 9.13 Å². The Morgan fingerprint density at radius 2 is 0.375 bits per heavy atom. The van der Waals surface area contributed by atoms with E-state index in [4.69, 9.17) is 0 Å². The van der Waals surface area contributed by atoms with Crippen molar-refractivity contribution >= 4 is 108 Å². The number of aromatic nitrogens is 2. The fraction of sp³-hybridized carbons (Fsp3) is 0. The first kappa shape index (κ1) is 59.2. The number of fused-ring (bicyclic) bond motifs is 10. The first-order valence-corrected chi connectivity index (χ1v) is 36.1. The molecule has 0 N–H and O–H groups in total. The van der Waals surface area contributed by atoms with Gasteiger partial charge in [-0.3, -0.25) is 0 Å². The topological polar surface area (TPSA) is 9.86 Å². The van der Waals surface area contributed by atoms with Crippen LogP contribution in [0.4, 0.5) is 0 Å². The molecule has 0 aliphatic rings. The van der Waals surface area contributed by atoms with Gasteiger partial charge in [0.25, 0.3) is 0 Å². The summed E-state index contributed by atoms with van der Waals surface area (Å²) in [4.78, 5) is 0. The highest BCUT2D eigenvalue weighted by atomic mass is 15.0. The van der Waals surface area contributed by atoms with Crippen LogP contribution in [0.1, 0.15) is 0 Å². The third-order valence-corrected chi connectivity index (χ3v) is 22.0. The quantitative estimate of drug-likeness (QED) is 0.121. The smallest absolute Gasteiger partial charge is 0.0619 e. The fourth-order valence-electron chi connectivity index (χ4n) is 17.6. The van der Waals surface area contributed by atoms with E-state index >= 15 is 0 Å². The monoisotopic (exact) mass is 1320 g/mol. The summed E-state index contributed by atoms with van der Waals surface area (Å²) in [5.41, 5.74) is 23.2. The van der Waals surface area contributed by atoms with Gasteiger partial charge < -0.3 is 9.13 Å². The highest BCUT2D eigenvalue weighted by molar-refractivity contribution is 6.30. The summed E-state index contributed by atoms with van der Waals surface area (Å²) in [6.45, 7) is 0. The van der Waals surface area contributed by atoms with Crippen LogP contribution in [0.5, 0.6) is 0 Å². The maximum Gasteiger partial charge on any atom is 0.0619 e. The van der Waals surface area contributed by atoms with Gasteiger partial charge in [0.05, 0.1) is 33.8 Å². The Balaban J connectivity index is 1.02. The summed E-state index contributed by atoms with van der Waals surface area (Å²) in [6, 6.07) is 146. The SMILES string of the molecule is c1ccc(-c2c3ccccc3c(-n3c(-c4ccccc4)c(-c4ccccc4)c4cc5c(-c6ccc7ccccc7c6)c6cc7c(cc6c(-c6ccc8ccccc8c6)c5cc43)c(-c3ccccc3)c(-c3ccccc3)n7-c3c4ccccc4c(-c4ccccc4)c4ccccc34)c3ccccc23)cc1. The number of hydrogen-bond donors (Lipinski definition) is 0. The van der Waals surface area contributed by atoms with Crippen molar-refractivity contribution < 1.29 is 0 Å². The predicted molar refractivity (Wildman–Crippen MR) is 444 cm³/mol. The van der Waals surface area contributed by atoms with Gasteiger partial charge in [-0.2, -0.15) is 0 Å². The van der Waals surface area contributed by atoms with Crippen LogP contribution >= 0.6 is 0 Å². The largest absolute Gasteiger partial charge is 0.307 e. The van der Waals surface area contributed by atoms with E-state index in [1.807, 2.05) is 0 Å². The molecule has 2 heterocycles. The van der Waals surface area contributed by atoms with E-state index in [0.29, 0.717) is 0 Å². The lowest BCUT2D eigenvalue weighted by atomic mass is 9.83. The normalized spacial score (nSPS) is 11.8. The van der Waals surface area contributed by atoms with Crippen molar-refractivity contribution in [3.63, 3.8) is 0 Å². The fourth-order valence-corrected chi connectivity index (χ4v) is 17.6. The Bertz CT molecular complexity index is 6490. The van der Waals surface area contributed by atoms with Crippen LogP contribution in [0.25, 0.3) is 209 Å². The molecular weight excluding hydrogens is 1250 g/mol. The average molecular weight is 1320 g/mol. The maximum atomic E-state index is 2.66. The molecule has 0 unspecified atom stereocenters. The van der Waals surface area contributed by atoms with Gasteiger partial charge in [0, 0.05) is 43.4 Å². The highest BCUT2D eigenvalue weighted by Crippen LogP contribution is 2.56. The molecule has 2 heteroatoms. The van der Waals surface area contributed by atoms with E-state index in [1.54, 1.807) is 0 Å². The minimum atomic E-state index is 1.12. The van der Waals surface area contributed by atoms with Crippen LogP contribution in [-0.2, 0) is 0 Å². The number of benzene rings is 19. The van der Waals surface area contributed by atoms with Crippen molar-refractivity contribution in [2.75, 3.05) is 0 Å². The Morgan fingerprint density at radius 1 is 0.135 bits per heavy atom. The molecule has 2 nitrogen and oxygen atoms in total. The summed E-state index contributed by atoms with van der Waals surface area (Å²) >= 11 is 0. The van der Waals surface area contributed by atoms with Crippen LogP contribution in [0.3, 0.4) is 0 Å². The lowest BCUT2D eigenvalue weighted by molar-refractivity contribution is 1.16. The number of hydrogen-bond acceptors (Lipinski definition) is 0. The van der Waals surface area contributed by atoms with Crippen molar-refractivity contribution in [2.45, 2.75) is 0 Å². The minimum absolute atomic E-state index is 1.12. The van der Waals surface area contributed by atoms with Gasteiger partial charge in [0.15, 0.2) is 0 Å². The van der Waals surface area contributed by atoms with Gasteiger partial charge in [0.2, 0.25) is 0 Å². The third kappa shape index (κ3) is 9.22. The molecule has 0 saturated heterocycles. The zero-order chi connectivity index (χ0) is 68.3. The lowest BCUT2D eigenvalue weighted by Crippen LogP contribution is -2.02. The maximum absolute atomic E-state index is 2.66. The lowest BCUT2D eigenvalue weighted by Gasteiger charge is -2.22. The second-order valence-electron chi connectivity index (χ2n) is 27.6. The third-order valence-electron chi connectivity index (χ3n) is 22.0. The van der Waals surface area contributed by atoms with Gasteiger partial charge >= 0.3 is 0 Å². The van der Waals surface area contributed by atoms with Gasteiger partial charge in [-0.05, 0) is 168 Å². The van der Waals surface area contributed by atoms with E-state index < -0.39 is 0 Å². The van der Waals surface area contributed by atoms with Crippen molar-refractivity contribution in [3.05, 3.63) is 388 Å². The predicted octanol–water partition coefficient (Wildman–Crippen LogP) is 28.1. The van der Waals surface area contributed by atoms with E-state index in [2.05, 4.69) is 397 Å². The highest BCUT2D eigenvalue weighted by Gasteiger charge is 2.31. The molecule has 0 radical (unpaired) electrons. The molecule has 0 aliphatic carbocycles. The molecule has 0 spiro atoms. The summed E-state index contributed by atoms with van der Waals surface area (Å²) in [5.74, 6) is 0. The first-order chi connectivity index (χ1) is 51.7. The molecule has 482 valence electrons. The van der Waals surface area contributed by atoms with Crippen molar-refractivity contribution in [3.8, 4) is 101 Å². The van der Waals surface area contributed by atoms with Crippen LogP contribution < -0.4 is 0 Å². The zero-order valence-electron chi connectivity index (χ0n) is 56.8. The number of rotatable bonds is 10. The van der Waals surface area contributed by atoms with E-state index in [1.165, 1.54) is 120 Å². The Morgan fingerprint density at radius 3 is 0.692 bits per heavy atom. The van der Waals surface area contributed by atoms with Gasteiger partial charge in [-0.25, -0.2) is 0 Å². The molecule has 0 aliphatic heterocycles. The molecule has 0 amide bonds. The van der Waals surface area contributed by atoms with E-state index in [9.17, 15) is 0 Å². The average Bonchev–Trinajstić information content (AvgIpc) is 1.45. The molecule has 0 fully saturated rings. The van der Waals surface area contributed by atoms with Gasteiger partial charge in [-0.15, -0.1) is 0 Å². The molecule has 0 saturated carbocycles. The Kier molecular flexibility index (Phi) is 13.7. The standard InChI is InChI=1S/C102H64N2/c1-7-33-67(34-8-1)93-77-47-23-27-51-81(77)101(82-52-28-24-48-78(82)93)103-91-63-87-85(61-89(91)97(69-37-11-3-12-38-69)99(103)71-41-15-5-16-42-71)96(76-58-56-66-32-20-22-46-74(66)60-76)88-64-92-90(62-86(88)95(87)75-57-55-65-31-19-21-45-73(65)59-75)98(70-39-13-4-14-40-70)100(72-43-17-6-18-44-72)104(92)102-83-53-29-25-49-79(83)94(68-35-9-2-10-36-68)80-50-26-30-54-84(80)102/h1-64H. The zero-order valence-corrected chi connectivity index (χ0v) is 56.8. The van der Waals surface area contributed by atoms with Crippen molar-refractivity contribution in [2.24, 2.45) is 0 Å². The number of nitrogens with zero attached hydrogens (tertiary/aromatic N) is 2. The summed E-state index contributed by atoms with van der Waals surface area (Å²) in [6.07, 6.45) is 0. The summed E-state index contributed by atoms with van der Waals surface area (Å²) in [5, 5.41) is 21.2. The molecule has 21 aromatic rings. The molecule has 0 bridgehead atoms. The molecule has 0 atom stereocenters. The summed E-state index contributed by atoms with van der Waals surface area (Å²) < 4.78 is 5.33. The van der Waals surface area contributed by atoms with E-state index in [-0.39, 0.29) is 0 Å². The van der Waals surface area contributed by atoms with Crippen molar-refractivity contribution in [1.82, 2.24) is 9.13 Å². The van der Waals surface area contributed by atoms with Gasteiger partial charge in [0.1, 0.15) is 0 Å². The van der Waals surface area contributed by atoms with Gasteiger partial charge in [-0.1, -0.05) is 352 Å². The van der Waals surface area contributed by atoms with Crippen LogP contribution in [0.15, 0.2) is 388 Å². The minimum Gasteiger partial charge on any atom is -0.307 e. The summed E-state index contributed by atoms with van der Waals surface area (Å²) in [7, 11) is 0. The molecular formula is C102H64N2. The van der Waals surface area contributed by atoms with Crippen LogP contribution in [0.2, 0.25) is 0 Å². The molecule has 2 aromatic heterocycles. The van der Waals surface area contributed by atoms with E-state index in [0.717, 1.165) is 88.7 Å². The molecule has 104 heavy (non-hydrogen) atoms. The Labute approximate surface area is 602 Å². The second-order valence-corrected chi connectivity index (χ2v) is 27.6.